The van der Waals surface area contributed by atoms with Gasteiger partial charge in [-0.25, -0.2) is 22.3 Å². The minimum Gasteiger partial charge on any atom is -0.452 e. The first-order valence-corrected chi connectivity index (χ1v) is 10.0. The van der Waals surface area contributed by atoms with Crippen LogP contribution in [0.1, 0.15) is 10.4 Å². The van der Waals surface area contributed by atoms with E-state index < -0.39 is 39.9 Å². The van der Waals surface area contributed by atoms with Crippen LogP contribution in [0, 0.1) is 5.82 Å². The van der Waals surface area contributed by atoms with E-state index in [2.05, 4.69) is 5.32 Å². The van der Waals surface area contributed by atoms with Gasteiger partial charge in [0.05, 0.1) is 31.2 Å². The number of carbonyl (C=O) groups is 2. The first-order chi connectivity index (χ1) is 13.0. The molecule has 0 heterocycles. The van der Waals surface area contributed by atoms with Crippen LogP contribution in [0.4, 0.5) is 10.1 Å². The van der Waals surface area contributed by atoms with E-state index in [1.807, 2.05) is 4.72 Å². The number of hydrogen-bond donors (Lipinski definition) is 2. The summed E-state index contributed by atoms with van der Waals surface area (Å²) in [5.74, 6) is -3.01. The van der Waals surface area contributed by atoms with E-state index in [-0.39, 0.29) is 25.7 Å². The van der Waals surface area contributed by atoms with Gasteiger partial charge >= 0.3 is 5.97 Å². The molecule has 2 aromatic carbocycles. The Morgan fingerprint density at radius 3 is 2.36 bits per heavy atom. The number of carbonyl (C=O) groups excluding carboxylic acids is 2. The second kappa shape index (κ2) is 9.06. The Balaban J connectivity index is 2.09. The molecule has 150 valence electrons. The SMILES string of the molecule is CNS(=O)(=O)c1ccc(F)c(C(=O)OCC(=O)Nc2cc(Cl)c(Cl)cc2Cl)c1. The summed E-state index contributed by atoms with van der Waals surface area (Å²) in [6, 6.07) is 5.21. The number of ether oxygens (including phenoxy) is 1. The number of esters is 1. The molecule has 0 bridgehead atoms. The van der Waals surface area contributed by atoms with E-state index in [0.29, 0.717) is 0 Å². The molecule has 12 heteroatoms. The lowest BCUT2D eigenvalue weighted by molar-refractivity contribution is -0.119. The number of rotatable bonds is 6. The van der Waals surface area contributed by atoms with Gasteiger partial charge in [0.1, 0.15) is 5.82 Å². The van der Waals surface area contributed by atoms with E-state index in [9.17, 15) is 22.4 Å². The summed E-state index contributed by atoms with van der Waals surface area (Å²) in [5, 5.41) is 2.78. The fourth-order valence-corrected chi connectivity index (χ4v) is 3.31. The summed E-state index contributed by atoms with van der Waals surface area (Å²) >= 11 is 17.5. The number of anilines is 1. The average molecular weight is 470 g/mol. The predicted octanol–water partition coefficient (Wildman–Crippen LogP) is 3.49. The highest BCUT2D eigenvalue weighted by Crippen LogP contribution is 2.32. The van der Waals surface area contributed by atoms with Crippen molar-refractivity contribution in [3.05, 3.63) is 56.8 Å². The van der Waals surface area contributed by atoms with Crippen molar-refractivity contribution in [2.45, 2.75) is 4.90 Å². The second-order valence-electron chi connectivity index (χ2n) is 5.22. The Kier molecular flexibility index (Phi) is 7.24. The van der Waals surface area contributed by atoms with Crippen molar-refractivity contribution < 1.29 is 27.1 Å². The maximum absolute atomic E-state index is 13.9. The monoisotopic (exact) mass is 468 g/mol. The molecule has 0 spiro atoms. The highest BCUT2D eigenvalue weighted by Gasteiger charge is 2.20. The van der Waals surface area contributed by atoms with Gasteiger partial charge in [-0.15, -0.1) is 0 Å². The van der Waals surface area contributed by atoms with Gasteiger partial charge in [0.15, 0.2) is 6.61 Å². The first-order valence-electron chi connectivity index (χ1n) is 7.39. The molecule has 0 saturated heterocycles. The van der Waals surface area contributed by atoms with Crippen molar-refractivity contribution in [1.82, 2.24) is 4.72 Å². The van der Waals surface area contributed by atoms with Crippen molar-refractivity contribution in [3.63, 3.8) is 0 Å². The predicted molar refractivity (Wildman–Crippen MR) is 103 cm³/mol. The smallest absolute Gasteiger partial charge is 0.341 e. The van der Waals surface area contributed by atoms with Gasteiger partial charge in [0.2, 0.25) is 10.0 Å². The zero-order valence-corrected chi connectivity index (χ0v) is 17.1. The van der Waals surface area contributed by atoms with E-state index >= 15 is 0 Å². The summed E-state index contributed by atoms with van der Waals surface area (Å²) in [4.78, 5) is 23.6. The minimum absolute atomic E-state index is 0.102. The average Bonchev–Trinajstić information content (AvgIpc) is 2.64. The van der Waals surface area contributed by atoms with Gasteiger partial charge < -0.3 is 10.1 Å². The Labute approximate surface area is 174 Å². The third-order valence-electron chi connectivity index (χ3n) is 3.36. The molecule has 2 N–H and O–H groups in total. The zero-order valence-electron chi connectivity index (χ0n) is 14.1. The van der Waals surface area contributed by atoms with E-state index in [4.69, 9.17) is 39.5 Å². The van der Waals surface area contributed by atoms with Crippen molar-refractivity contribution in [2.75, 3.05) is 19.0 Å². The number of nitrogens with one attached hydrogen (secondary N) is 2. The topological polar surface area (TPSA) is 102 Å². The van der Waals surface area contributed by atoms with Crippen LogP contribution in [-0.2, 0) is 19.6 Å². The van der Waals surface area contributed by atoms with Gasteiger partial charge in [-0.1, -0.05) is 34.8 Å². The molecule has 0 radical (unpaired) electrons. The quantitative estimate of drug-likeness (QED) is 0.498. The lowest BCUT2D eigenvalue weighted by Crippen LogP contribution is -2.22. The molecular weight excluding hydrogens is 458 g/mol. The number of benzene rings is 2. The maximum atomic E-state index is 13.9. The number of halogens is 4. The van der Waals surface area contributed by atoms with Crippen LogP contribution in [0.2, 0.25) is 15.1 Å². The molecule has 0 atom stereocenters. The lowest BCUT2D eigenvalue weighted by atomic mass is 10.2. The number of sulfonamides is 1. The molecule has 2 aromatic rings. The molecule has 28 heavy (non-hydrogen) atoms. The summed E-state index contributed by atoms with van der Waals surface area (Å²) in [6.07, 6.45) is 0. The first kappa shape index (κ1) is 22.4. The molecule has 2 rings (SSSR count). The molecule has 1 amide bonds. The van der Waals surface area contributed by atoms with Crippen molar-refractivity contribution in [1.29, 1.82) is 0 Å². The van der Waals surface area contributed by atoms with Gasteiger partial charge in [-0.2, -0.15) is 0 Å². The molecular formula is C16H12Cl3FN2O5S. The fourth-order valence-electron chi connectivity index (χ4n) is 1.96. The van der Waals surface area contributed by atoms with Gasteiger partial charge in [0.25, 0.3) is 5.91 Å². The minimum atomic E-state index is -3.90. The van der Waals surface area contributed by atoms with Crippen LogP contribution in [0.25, 0.3) is 0 Å². The summed E-state index contributed by atoms with van der Waals surface area (Å²) < 4.78 is 44.1. The van der Waals surface area contributed by atoms with Crippen molar-refractivity contribution in [3.8, 4) is 0 Å². The summed E-state index contributed by atoms with van der Waals surface area (Å²) in [5.41, 5.74) is -0.512. The van der Waals surface area contributed by atoms with Crippen LogP contribution in [0.5, 0.6) is 0 Å². The summed E-state index contributed by atoms with van der Waals surface area (Å²) in [7, 11) is -2.74. The Bertz CT molecular complexity index is 1050. The molecule has 0 aromatic heterocycles. The van der Waals surface area contributed by atoms with Crippen LogP contribution in [0.15, 0.2) is 35.2 Å². The van der Waals surface area contributed by atoms with Crippen LogP contribution in [0.3, 0.4) is 0 Å². The molecule has 0 saturated carbocycles. The third-order valence-corrected chi connectivity index (χ3v) is 5.80. The van der Waals surface area contributed by atoms with Gasteiger partial charge in [-0.05, 0) is 37.4 Å². The molecule has 0 aliphatic heterocycles. The second-order valence-corrected chi connectivity index (χ2v) is 8.33. The van der Waals surface area contributed by atoms with Crippen molar-refractivity contribution >= 4 is 62.4 Å². The molecule has 0 aliphatic carbocycles. The highest BCUT2D eigenvalue weighted by atomic mass is 35.5. The fraction of sp³-hybridized carbons (Fsp3) is 0.125. The van der Waals surface area contributed by atoms with Crippen molar-refractivity contribution in [2.24, 2.45) is 0 Å². The van der Waals surface area contributed by atoms with E-state index in [0.717, 1.165) is 25.2 Å². The molecule has 7 nitrogen and oxygen atoms in total. The van der Waals surface area contributed by atoms with E-state index in [1.165, 1.54) is 12.1 Å². The molecule has 0 fully saturated rings. The Hall–Kier alpha value is -1.91. The van der Waals surface area contributed by atoms with Gasteiger partial charge in [0, 0.05) is 0 Å². The molecule has 0 aliphatic rings. The van der Waals surface area contributed by atoms with Crippen LogP contribution >= 0.6 is 34.8 Å². The Morgan fingerprint density at radius 2 is 1.71 bits per heavy atom. The molecule has 0 unspecified atom stereocenters. The highest BCUT2D eigenvalue weighted by molar-refractivity contribution is 7.89. The van der Waals surface area contributed by atoms with Crippen LogP contribution < -0.4 is 10.0 Å². The lowest BCUT2D eigenvalue weighted by Gasteiger charge is -2.10. The zero-order chi connectivity index (χ0) is 21.1. The summed E-state index contributed by atoms with van der Waals surface area (Å²) in [6.45, 7) is -0.780. The maximum Gasteiger partial charge on any atom is 0.341 e. The van der Waals surface area contributed by atoms with E-state index in [1.54, 1.807) is 0 Å². The van der Waals surface area contributed by atoms with Gasteiger partial charge in [-0.3, -0.25) is 4.79 Å². The van der Waals surface area contributed by atoms with Crippen LogP contribution in [-0.4, -0.2) is 33.9 Å². The standard InChI is InChI=1S/C16H12Cl3FN2O5S/c1-21-28(25,26)8-2-3-13(20)9(4-8)16(24)27-7-15(23)22-14-6-11(18)10(17)5-12(14)19/h2-6,21H,7H2,1H3,(H,22,23). The normalized spacial score (nSPS) is 11.2. The Morgan fingerprint density at radius 1 is 1.07 bits per heavy atom. The number of amides is 1. The largest absolute Gasteiger partial charge is 0.452 e. The third kappa shape index (κ3) is 5.33. The number of hydrogen-bond acceptors (Lipinski definition) is 5.